The predicted octanol–water partition coefficient (Wildman–Crippen LogP) is 2.81. The van der Waals surface area contributed by atoms with E-state index in [1.807, 2.05) is 6.08 Å². The second kappa shape index (κ2) is 5.09. The fraction of sp³-hybridized carbons (Fsp3) is 0.667. The van der Waals surface area contributed by atoms with E-state index in [1.54, 1.807) is 0 Å². The van der Waals surface area contributed by atoms with Crippen molar-refractivity contribution in [2.75, 3.05) is 0 Å². The molecule has 13 heavy (non-hydrogen) atoms. The van der Waals surface area contributed by atoms with Crippen molar-refractivity contribution in [2.24, 2.45) is 5.92 Å². The molecule has 0 radical (unpaired) electrons. The first-order valence-corrected chi connectivity index (χ1v) is 5.09. The smallest absolute Gasteiger partial charge is 0.0830 e. The van der Waals surface area contributed by atoms with Crippen LogP contribution in [-0.4, -0.2) is 11.2 Å². The van der Waals surface area contributed by atoms with Crippen LogP contribution in [-0.2, 0) is 0 Å². The molecular weight excluding hydrogens is 160 g/mol. The van der Waals surface area contributed by atoms with E-state index in [4.69, 9.17) is 0 Å². The first kappa shape index (κ1) is 10.3. The van der Waals surface area contributed by atoms with Gasteiger partial charge in [-0.15, -0.1) is 0 Å². The lowest BCUT2D eigenvalue weighted by Crippen LogP contribution is -2.13. The van der Waals surface area contributed by atoms with Crippen LogP contribution < -0.4 is 0 Å². The number of aliphatic hydroxyl groups is 1. The lowest BCUT2D eigenvalue weighted by molar-refractivity contribution is 0.179. The Hall–Kier alpha value is -0.740. The minimum Gasteiger partial charge on any atom is -0.388 e. The minimum atomic E-state index is -0.262. The Morgan fingerprint density at radius 2 is 2.23 bits per heavy atom. The van der Waals surface area contributed by atoms with Gasteiger partial charge in [-0.05, 0) is 31.3 Å². The van der Waals surface area contributed by atoms with Crippen LogP contribution in [0.4, 0.5) is 0 Å². The van der Waals surface area contributed by atoms with Crippen LogP contribution in [0.2, 0.25) is 0 Å². The quantitative estimate of drug-likeness (QED) is 0.612. The highest BCUT2D eigenvalue weighted by molar-refractivity contribution is 5.09. The minimum absolute atomic E-state index is 0.262. The number of allylic oxidation sites excluding steroid dienone is 1. The van der Waals surface area contributed by atoms with Gasteiger partial charge in [0, 0.05) is 5.57 Å². The molecule has 0 aromatic heterocycles. The van der Waals surface area contributed by atoms with Crippen LogP contribution >= 0.6 is 0 Å². The van der Waals surface area contributed by atoms with Crippen LogP contribution in [0, 0.1) is 5.92 Å². The highest BCUT2D eigenvalue weighted by Crippen LogP contribution is 2.22. The molecule has 1 nitrogen and oxygen atoms in total. The van der Waals surface area contributed by atoms with Crippen molar-refractivity contribution in [3.8, 4) is 0 Å². The van der Waals surface area contributed by atoms with E-state index in [9.17, 15) is 5.11 Å². The summed E-state index contributed by atoms with van der Waals surface area (Å²) in [4.78, 5) is 0. The van der Waals surface area contributed by atoms with Gasteiger partial charge in [-0.25, -0.2) is 0 Å². The lowest BCUT2D eigenvalue weighted by Gasteiger charge is -2.17. The van der Waals surface area contributed by atoms with E-state index >= 15 is 0 Å². The first-order valence-electron chi connectivity index (χ1n) is 5.09. The molecule has 1 rings (SSSR count). The van der Waals surface area contributed by atoms with Crippen molar-refractivity contribution in [3.05, 3.63) is 23.1 Å². The van der Waals surface area contributed by atoms with E-state index in [-0.39, 0.29) is 6.10 Å². The van der Waals surface area contributed by atoms with E-state index in [2.05, 4.69) is 25.3 Å². The highest BCUT2D eigenvalue weighted by Gasteiger charge is 2.14. The van der Waals surface area contributed by atoms with Crippen molar-refractivity contribution in [3.63, 3.8) is 0 Å². The highest BCUT2D eigenvalue weighted by atomic mass is 16.3. The molecule has 0 amide bonds. The van der Waals surface area contributed by atoms with E-state index in [0.29, 0.717) is 5.92 Å². The normalized spacial score (nSPS) is 22.5. The molecular formula is C12H18O. The van der Waals surface area contributed by atoms with Gasteiger partial charge in [-0.2, -0.15) is 0 Å². The van der Waals surface area contributed by atoms with Gasteiger partial charge in [0.1, 0.15) is 0 Å². The summed E-state index contributed by atoms with van der Waals surface area (Å²) >= 11 is 0. The Kier molecular flexibility index (Phi) is 4.05. The van der Waals surface area contributed by atoms with Crippen LogP contribution in [0.25, 0.3) is 0 Å². The standard InChI is InChI=1S/C12H18O/c1-10(2)6-5-8-11-7-3-4-9-12(11)13/h6,10,12-13H,3-4,7,9H2,1-2H3. The summed E-state index contributed by atoms with van der Waals surface area (Å²) in [5.74, 6) is 0.508. The molecule has 0 heterocycles. The number of rotatable bonds is 1. The van der Waals surface area contributed by atoms with E-state index < -0.39 is 0 Å². The van der Waals surface area contributed by atoms with Gasteiger partial charge < -0.3 is 5.11 Å². The summed E-state index contributed by atoms with van der Waals surface area (Å²) in [6, 6.07) is 0. The Labute approximate surface area is 80.5 Å². The van der Waals surface area contributed by atoms with Crippen molar-refractivity contribution < 1.29 is 5.11 Å². The topological polar surface area (TPSA) is 20.2 Å². The molecule has 0 aliphatic heterocycles. The maximum absolute atomic E-state index is 9.58. The van der Waals surface area contributed by atoms with Gasteiger partial charge in [0.15, 0.2) is 0 Å². The molecule has 1 aliphatic carbocycles. The molecule has 72 valence electrons. The number of aliphatic hydroxyl groups excluding tert-OH is 1. The average Bonchev–Trinajstić information content (AvgIpc) is 2.08. The van der Waals surface area contributed by atoms with E-state index in [1.165, 1.54) is 6.42 Å². The third-order valence-electron chi connectivity index (χ3n) is 2.23. The van der Waals surface area contributed by atoms with Crippen molar-refractivity contribution in [1.82, 2.24) is 0 Å². The molecule has 1 N–H and O–H groups in total. The number of hydrogen-bond donors (Lipinski definition) is 1. The zero-order valence-corrected chi connectivity index (χ0v) is 8.51. The van der Waals surface area contributed by atoms with Gasteiger partial charge in [0.25, 0.3) is 0 Å². The third-order valence-corrected chi connectivity index (χ3v) is 2.23. The monoisotopic (exact) mass is 178 g/mol. The van der Waals surface area contributed by atoms with Gasteiger partial charge in [0.05, 0.1) is 6.10 Å². The summed E-state index contributed by atoms with van der Waals surface area (Å²) in [5.41, 5.74) is 7.11. The summed E-state index contributed by atoms with van der Waals surface area (Å²) < 4.78 is 0. The maximum Gasteiger partial charge on any atom is 0.0830 e. The molecule has 0 spiro atoms. The van der Waals surface area contributed by atoms with Gasteiger partial charge in [-0.1, -0.05) is 31.7 Å². The zero-order valence-electron chi connectivity index (χ0n) is 8.51. The zero-order chi connectivity index (χ0) is 9.68. The van der Waals surface area contributed by atoms with Crippen LogP contribution in [0.5, 0.6) is 0 Å². The molecule has 1 unspecified atom stereocenters. The predicted molar refractivity (Wildman–Crippen MR) is 54.4 cm³/mol. The molecule has 1 fully saturated rings. The average molecular weight is 178 g/mol. The summed E-state index contributed by atoms with van der Waals surface area (Å²) in [7, 11) is 0. The molecule has 0 aromatic carbocycles. The summed E-state index contributed by atoms with van der Waals surface area (Å²) in [6.07, 6.45) is 5.92. The maximum atomic E-state index is 9.58. The van der Waals surface area contributed by atoms with Crippen molar-refractivity contribution >= 4 is 0 Å². The molecule has 1 aliphatic rings. The number of hydrogen-bond acceptors (Lipinski definition) is 1. The molecule has 0 aromatic rings. The molecule has 1 saturated carbocycles. The van der Waals surface area contributed by atoms with Crippen LogP contribution in [0.3, 0.4) is 0 Å². The SMILES string of the molecule is CC(C)C=C=C=C1CCCCC1O. The second-order valence-corrected chi connectivity index (χ2v) is 3.97. The largest absolute Gasteiger partial charge is 0.388 e. The van der Waals surface area contributed by atoms with Gasteiger partial charge in [-0.3, -0.25) is 0 Å². The Morgan fingerprint density at radius 1 is 1.46 bits per heavy atom. The lowest BCUT2D eigenvalue weighted by atomic mass is 9.93. The Bertz CT molecular complexity index is 250. The molecule has 0 bridgehead atoms. The van der Waals surface area contributed by atoms with E-state index in [0.717, 1.165) is 24.8 Å². The first-order chi connectivity index (χ1) is 6.20. The molecule has 0 saturated heterocycles. The molecule has 1 atom stereocenters. The fourth-order valence-electron chi connectivity index (χ4n) is 1.44. The van der Waals surface area contributed by atoms with Crippen LogP contribution in [0.15, 0.2) is 23.1 Å². The van der Waals surface area contributed by atoms with Crippen molar-refractivity contribution in [1.29, 1.82) is 0 Å². The Balaban J connectivity index is 2.73. The fourth-order valence-corrected chi connectivity index (χ4v) is 1.44. The van der Waals surface area contributed by atoms with Crippen molar-refractivity contribution in [2.45, 2.75) is 45.6 Å². The second-order valence-electron chi connectivity index (χ2n) is 3.97. The third kappa shape index (κ3) is 3.65. The summed E-state index contributed by atoms with van der Waals surface area (Å²) in [5, 5.41) is 9.58. The summed E-state index contributed by atoms with van der Waals surface area (Å²) in [6.45, 7) is 4.22. The van der Waals surface area contributed by atoms with Crippen LogP contribution in [0.1, 0.15) is 39.5 Å². The van der Waals surface area contributed by atoms with Gasteiger partial charge in [0.2, 0.25) is 0 Å². The molecule has 1 heteroatoms. The Morgan fingerprint density at radius 3 is 2.85 bits per heavy atom. The van der Waals surface area contributed by atoms with Gasteiger partial charge >= 0.3 is 0 Å².